The minimum absolute atomic E-state index is 0.459. The van der Waals surface area contributed by atoms with Crippen molar-refractivity contribution in [2.45, 2.75) is 18.7 Å². The molecule has 4 nitrogen and oxygen atoms in total. The molecule has 0 aromatic heterocycles. The molecule has 1 atom stereocenters. The number of esters is 2. The highest BCUT2D eigenvalue weighted by Crippen LogP contribution is 2.29. The van der Waals surface area contributed by atoms with Crippen LogP contribution in [0, 0.1) is 5.41 Å². The maximum Gasteiger partial charge on any atom is 0.320 e. The molecule has 0 fully saturated rings. The first kappa shape index (κ1) is 12.4. The average Bonchev–Trinajstić information content (AvgIpc) is 2.13. The Morgan fingerprint density at radius 3 is 2.00 bits per heavy atom. The summed E-state index contributed by atoms with van der Waals surface area (Å²) >= 11 is 3.09. The van der Waals surface area contributed by atoms with Crippen LogP contribution >= 0.6 is 15.9 Å². The first-order valence-corrected chi connectivity index (χ1v) is 4.59. The SMILES string of the molecule is COC(=O)C(Br)C(C)(C)C(=O)OC. The van der Waals surface area contributed by atoms with Crippen molar-refractivity contribution in [3.05, 3.63) is 0 Å². The number of methoxy groups -OCH3 is 2. The van der Waals surface area contributed by atoms with Gasteiger partial charge in [-0.15, -0.1) is 0 Å². The summed E-state index contributed by atoms with van der Waals surface area (Å²) in [6.07, 6.45) is 0. The zero-order valence-electron chi connectivity index (χ0n) is 8.09. The fraction of sp³-hybridized carbons (Fsp3) is 0.750. The fourth-order valence-electron chi connectivity index (χ4n) is 0.765. The quantitative estimate of drug-likeness (QED) is 0.558. The van der Waals surface area contributed by atoms with E-state index in [9.17, 15) is 9.59 Å². The third kappa shape index (κ3) is 2.69. The molecule has 0 aliphatic heterocycles. The molecule has 0 bridgehead atoms. The van der Waals surface area contributed by atoms with Gasteiger partial charge in [-0.25, -0.2) is 0 Å². The van der Waals surface area contributed by atoms with E-state index >= 15 is 0 Å². The molecular formula is C8H13BrO4. The van der Waals surface area contributed by atoms with Crippen molar-refractivity contribution in [3.8, 4) is 0 Å². The zero-order valence-corrected chi connectivity index (χ0v) is 9.67. The van der Waals surface area contributed by atoms with Crippen molar-refractivity contribution in [2.75, 3.05) is 14.2 Å². The highest BCUT2D eigenvalue weighted by molar-refractivity contribution is 9.10. The van der Waals surface area contributed by atoms with Gasteiger partial charge in [0.15, 0.2) is 0 Å². The molecule has 0 aromatic carbocycles. The summed E-state index contributed by atoms with van der Waals surface area (Å²) in [5.41, 5.74) is -0.929. The number of halogens is 1. The van der Waals surface area contributed by atoms with Crippen LogP contribution in [0.4, 0.5) is 0 Å². The predicted octanol–water partition coefficient (Wildman–Crippen LogP) is 1.12. The Bertz CT molecular complexity index is 212. The first-order valence-electron chi connectivity index (χ1n) is 3.68. The number of rotatable bonds is 3. The van der Waals surface area contributed by atoms with Crippen molar-refractivity contribution in [2.24, 2.45) is 5.41 Å². The van der Waals surface area contributed by atoms with Gasteiger partial charge in [0.25, 0.3) is 0 Å². The van der Waals surface area contributed by atoms with Gasteiger partial charge in [0, 0.05) is 0 Å². The van der Waals surface area contributed by atoms with Crippen LogP contribution in [0.1, 0.15) is 13.8 Å². The smallest absolute Gasteiger partial charge is 0.320 e. The van der Waals surface area contributed by atoms with E-state index in [2.05, 4.69) is 25.4 Å². The number of carbonyl (C=O) groups excluding carboxylic acids is 2. The molecule has 0 amide bonds. The first-order chi connectivity index (χ1) is 5.87. The van der Waals surface area contributed by atoms with Gasteiger partial charge in [-0.1, -0.05) is 15.9 Å². The standard InChI is InChI=1S/C8H13BrO4/c1-8(2,7(11)13-4)5(9)6(10)12-3/h5H,1-4H3. The zero-order chi connectivity index (χ0) is 10.6. The molecule has 0 saturated carbocycles. The van der Waals surface area contributed by atoms with Crippen LogP contribution in [0.15, 0.2) is 0 Å². The normalized spacial score (nSPS) is 13.3. The van der Waals surface area contributed by atoms with Gasteiger partial charge < -0.3 is 9.47 Å². The van der Waals surface area contributed by atoms with Gasteiger partial charge in [-0.2, -0.15) is 0 Å². The summed E-state index contributed by atoms with van der Waals surface area (Å²) in [5, 5.41) is 0. The van der Waals surface area contributed by atoms with Gasteiger partial charge in [-0.05, 0) is 13.8 Å². The van der Waals surface area contributed by atoms with Gasteiger partial charge in [-0.3, -0.25) is 9.59 Å². The topological polar surface area (TPSA) is 52.6 Å². The van der Waals surface area contributed by atoms with Crippen LogP contribution in [-0.4, -0.2) is 31.0 Å². The molecule has 0 spiro atoms. The van der Waals surface area contributed by atoms with E-state index in [1.54, 1.807) is 13.8 Å². The third-order valence-corrected chi connectivity index (χ3v) is 3.27. The largest absolute Gasteiger partial charge is 0.469 e. The van der Waals surface area contributed by atoms with E-state index < -0.39 is 22.2 Å². The van der Waals surface area contributed by atoms with Crippen LogP contribution in [0.25, 0.3) is 0 Å². The van der Waals surface area contributed by atoms with Crippen molar-refractivity contribution in [3.63, 3.8) is 0 Å². The van der Waals surface area contributed by atoms with E-state index in [1.807, 2.05) is 0 Å². The summed E-state index contributed by atoms with van der Waals surface area (Å²) in [4.78, 5) is 21.6. The van der Waals surface area contributed by atoms with Crippen LogP contribution in [0.2, 0.25) is 0 Å². The van der Waals surface area contributed by atoms with E-state index in [4.69, 9.17) is 0 Å². The lowest BCUT2D eigenvalue weighted by atomic mass is 9.89. The fourth-order valence-corrected chi connectivity index (χ4v) is 1.14. The number of carbonyl (C=O) groups is 2. The lowest BCUT2D eigenvalue weighted by Gasteiger charge is -2.24. The molecule has 0 aliphatic carbocycles. The predicted molar refractivity (Wildman–Crippen MR) is 50.5 cm³/mol. The molecule has 0 heterocycles. The minimum atomic E-state index is -0.929. The Kier molecular flexibility index (Phi) is 4.39. The van der Waals surface area contributed by atoms with Gasteiger partial charge in [0.1, 0.15) is 4.83 Å². The second-order valence-electron chi connectivity index (χ2n) is 3.10. The molecule has 0 saturated heterocycles. The maximum absolute atomic E-state index is 11.2. The second kappa shape index (κ2) is 4.60. The minimum Gasteiger partial charge on any atom is -0.469 e. The highest BCUT2D eigenvalue weighted by atomic mass is 79.9. The summed E-state index contributed by atoms with van der Waals surface area (Å²) < 4.78 is 9.05. The molecule has 0 aromatic rings. The number of alkyl halides is 1. The monoisotopic (exact) mass is 252 g/mol. The number of hydrogen-bond acceptors (Lipinski definition) is 4. The van der Waals surface area contributed by atoms with E-state index in [0.29, 0.717) is 0 Å². The lowest BCUT2D eigenvalue weighted by Crippen LogP contribution is -2.39. The Hall–Kier alpha value is -0.580. The van der Waals surface area contributed by atoms with Crippen LogP contribution < -0.4 is 0 Å². The Morgan fingerprint density at radius 1 is 1.23 bits per heavy atom. The van der Waals surface area contributed by atoms with Crippen LogP contribution in [0.5, 0.6) is 0 Å². The summed E-state index contributed by atoms with van der Waals surface area (Å²) in [6, 6.07) is 0. The summed E-state index contributed by atoms with van der Waals surface area (Å²) in [5.74, 6) is -0.949. The molecule has 0 N–H and O–H groups in total. The highest BCUT2D eigenvalue weighted by Gasteiger charge is 2.41. The molecule has 0 aliphatic rings. The van der Waals surface area contributed by atoms with Crippen molar-refractivity contribution >= 4 is 27.9 Å². The molecular weight excluding hydrogens is 240 g/mol. The third-order valence-electron chi connectivity index (χ3n) is 1.75. The maximum atomic E-state index is 11.2. The number of ether oxygens (including phenoxy) is 2. The van der Waals surface area contributed by atoms with Gasteiger partial charge in [0.05, 0.1) is 19.6 Å². The van der Waals surface area contributed by atoms with E-state index in [-0.39, 0.29) is 0 Å². The Balaban J connectivity index is 4.62. The van der Waals surface area contributed by atoms with Gasteiger partial charge >= 0.3 is 11.9 Å². The molecule has 13 heavy (non-hydrogen) atoms. The van der Waals surface area contributed by atoms with Crippen molar-refractivity contribution in [1.82, 2.24) is 0 Å². The molecule has 1 unspecified atom stereocenters. The summed E-state index contributed by atoms with van der Waals surface area (Å²) in [7, 11) is 2.55. The lowest BCUT2D eigenvalue weighted by molar-refractivity contribution is -0.156. The second-order valence-corrected chi connectivity index (χ2v) is 4.01. The van der Waals surface area contributed by atoms with Crippen LogP contribution in [0.3, 0.4) is 0 Å². The van der Waals surface area contributed by atoms with E-state index in [0.717, 1.165) is 0 Å². The molecule has 0 radical (unpaired) electrons. The summed E-state index contributed by atoms with van der Waals surface area (Å²) in [6.45, 7) is 3.21. The van der Waals surface area contributed by atoms with Crippen molar-refractivity contribution < 1.29 is 19.1 Å². The van der Waals surface area contributed by atoms with E-state index in [1.165, 1.54) is 14.2 Å². The van der Waals surface area contributed by atoms with Crippen molar-refractivity contribution in [1.29, 1.82) is 0 Å². The average molecular weight is 253 g/mol. The Morgan fingerprint density at radius 2 is 1.69 bits per heavy atom. The molecule has 76 valence electrons. The Labute approximate surface area is 85.7 Å². The van der Waals surface area contributed by atoms with Crippen LogP contribution in [-0.2, 0) is 19.1 Å². The number of hydrogen-bond donors (Lipinski definition) is 0. The molecule has 0 rings (SSSR count). The molecule has 5 heteroatoms. The van der Waals surface area contributed by atoms with Gasteiger partial charge in [0.2, 0.25) is 0 Å².